The molecule has 224 valence electrons. The Morgan fingerprint density at radius 3 is 2.72 bits per heavy atom. The predicted octanol–water partition coefficient (Wildman–Crippen LogP) is 2.68. The van der Waals surface area contributed by atoms with Gasteiger partial charge in [-0.15, -0.1) is 0 Å². The molecule has 3 aromatic rings. The first-order valence-electron chi connectivity index (χ1n) is 13.8. The van der Waals surface area contributed by atoms with Crippen LogP contribution in [0.1, 0.15) is 66.0 Å². The molecule has 6 N–H and O–H groups in total. The third kappa shape index (κ3) is 7.56. The quantitative estimate of drug-likeness (QED) is 0.217. The molecule has 1 aliphatic rings. The smallest absolute Gasteiger partial charge is 0.291 e. The number of nitrogens with one attached hydrogen (secondary N) is 2. The van der Waals surface area contributed by atoms with Crippen LogP contribution in [0.3, 0.4) is 0 Å². The molecule has 0 aliphatic carbocycles. The van der Waals surface area contributed by atoms with Crippen molar-refractivity contribution in [1.29, 1.82) is 0 Å². The summed E-state index contributed by atoms with van der Waals surface area (Å²) in [4.78, 5) is 63.4. The minimum atomic E-state index is -1.03. The molecule has 0 spiro atoms. The molecule has 1 aliphatic heterocycles. The molecule has 1 atom stereocenters. The SMILES string of the molecule is CCCC/C(=C\c1cnc(N)cc1C)CNC(=O)C1CCc2ncc(NC(=O)C(N)=NC(=O)c3cccc(F)c3)c(=O)n21. The standard InChI is InChI=1S/C30H33FN8O4/c1-3-4-6-18(12-20-15-34-24(32)11-17(20)2)14-36-28(41)23-9-10-25-35-16-22(30(43)39(23)25)37-29(42)26(33)38-27(40)19-7-5-8-21(31)13-19/h5,7-8,11-13,15-16,23H,3-4,6,9-10,14H2,1-2H3,(H2,32,34)(H,36,41)(H,37,42)(H2,33,38,40)/b18-12+. The highest BCUT2D eigenvalue weighted by atomic mass is 19.1. The lowest BCUT2D eigenvalue weighted by atomic mass is 10.0. The number of carbonyl (C=O) groups is 3. The molecule has 0 fully saturated rings. The van der Waals surface area contributed by atoms with Gasteiger partial charge >= 0.3 is 0 Å². The van der Waals surface area contributed by atoms with Crippen LogP contribution in [0.15, 0.2) is 58.1 Å². The molecular weight excluding hydrogens is 555 g/mol. The van der Waals surface area contributed by atoms with Crippen molar-refractivity contribution in [2.45, 2.75) is 52.0 Å². The molecule has 12 nitrogen and oxygen atoms in total. The van der Waals surface area contributed by atoms with Gasteiger partial charge < -0.3 is 22.1 Å². The Kier molecular flexibility index (Phi) is 9.76. The molecule has 0 saturated carbocycles. The summed E-state index contributed by atoms with van der Waals surface area (Å²) in [7, 11) is 0. The Hall–Kier alpha value is -5.20. The Bertz CT molecular complexity index is 1680. The summed E-state index contributed by atoms with van der Waals surface area (Å²) in [5.41, 5.74) is 13.3. The maximum Gasteiger partial charge on any atom is 0.291 e. The molecule has 1 unspecified atom stereocenters. The van der Waals surface area contributed by atoms with E-state index in [0.29, 0.717) is 24.5 Å². The number of hydrogen-bond acceptors (Lipinski definition) is 7. The fourth-order valence-electron chi connectivity index (χ4n) is 4.66. The van der Waals surface area contributed by atoms with Gasteiger partial charge in [-0.2, -0.15) is 4.99 Å². The molecule has 0 radical (unpaired) electrons. The van der Waals surface area contributed by atoms with Crippen molar-refractivity contribution in [2.24, 2.45) is 10.7 Å². The zero-order valence-electron chi connectivity index (χ0n) is 23.9. The second-order valence-corrected chi connectivity index (χ2v) is 10.2. The van der Waals surface area contributed by atoms with Crippen LogP contribution in [-0.2, 0) is 16.0 Å². The summed E-state index contributed by atoms with van der Waals surface area (Å²) in [5.74, 6) is -2.86. The van der Waals surface area contributed by atoms with Gasteiger partial charge in [0, 0.05) is 24.7 Å². The average Bonchev–Trinajstić information content (AvgIpc) is 3.42. The number of amides is 3. The molecule has 43 heavy (non-hydrogen) atoms. The number of benzene rings is 1. The van der Waals surface area contributed by atoms with Crippen molar-refractivity contribution >= 4 is 41.1 Å². The molecule has 4 rings (SSSR count). The second kappa shape index (κ2) is 13.6. The summed E-state index contributed by atoms with van der Waals surface area (Å²) in [6.45, 7) is 4.30. The van der Waals surface area contributed by atoms with Gasteiger partial charge in [0.05, 0.1) is 6.20 Å². The number of aliphatic imine (C=N–C) groups is 1. The maximum absolute atomic E-state index is 13.4. The van der Waals surface area contributed by atoms with Gasteiger partial charge in [0.2, 0.25) is 5.91 Å². The van der Waals surface area contributed by atoms with Gasteiger partial charge in [0.25, 0.3) is 17.4 Å². The number of nitrogen functional groups attached to an aromatic ring is 1. The van der Waals surface area contributed by atoms with E-state index in [0.717, 1.165) is 48.1 Å². The number of nitrogens with two attached hydrogens (primary N) is 2. The lowest BCUT2D eigenvalue weighted by Gasteiger charge is -2.17. The fourth-order valence-corrected chi connectivity index (χ4v) is 4.66. The van der Waals surface area contributed by atoms with Gasteiger partial charge in [-0.25, -0.2) is 14.4 Å². The van der Waals surface area contributed by atoms with Crippen LogP contribution in [0.4, 0.5) is 15.9 Å². The highest BCUT2D eigenvalue weighted by molar-refractivity contribution is 6.43. The second-order valence-electron chi connectivity index (χ2n) is 10.2. The molecular formula is C30H33FN8O4. The van der Waals surface area contributed by atoms with E-state index in [1.807, 2.05) is 13.0 Å². The molecule has 2 aromatic heterocycles. The van der Waals surface area contributed by atoms with Crippen molar-refractivity contribution in [3.8, 4) is 0 Å². The van der Waals surface area contributed by atoms with Crippen molar-refractivity contribution in [3.63, 3.8) is 0 Å². The maximum atomic E-state index is 13.4. The Morgan fingerprint density at radius 1 is 1.21 bits per heavy atom. The number of rotatable bonds is 9. The number of anilines is 2. The molecule has 0 saturated heterocycles. The van der Waals surface area contributed by atoms with Crippen molar-refractivity contribution in [1.82, 2.24) is 19.9 Å². The van der Waals surface area contributed by atoms with E-state index < -0.39 is 35.1 Å². The van der Waals surface area contributed by atoms with Gasteiger partial charge in [-0.05, 0) is 61.6 Å². The number of fused-ring (bicyclic) bond motifs is 1. The van der Waals surface area contributed by atoms with Crippen LogP contribution in [0, 0.1) is 12.7 Å². The van der Waals surface area contributed by atoms with Gasteiger partial charge in [0.1, 0.15) is 29.2 Å². The van der Waals surface area contributed by atoms with E-state index in [1.54, 1.807) is 12.3 Å². The average molecular weight is 589 g/mol. The van der Waals surface area contributed by atoms with E-state index in [2.05, 4.69) is 32.5 Å². The van der Waals surface area contributed by atoms with E-state index in [-0.39, 0.29) is 23.7 Å². The molecule has 3 amide bonds. The summed E-state index contributed by atoms with van der Waals surface area (Å²) in [6.07, 6.45) is 8.28. The number of pyridine rings is 1. The number of nitrogens with zero attached hydrogens (tertiary/aromatic N) is 4. The van der Waals surface area contributed by atoms with Crippen LogP contribution < -0.4 is 27.7 Å². The number of aromatic nitrogens is 3. The number of unbranched alkanes of at least 4 members (excludes halogenated alkanes) is 1. The summed E-state index contributed by atoms with van der Waals surface area (Å²) < 4.78 is 14.7. The molecule has 3 heterocycles. The summed E-state index contributed by atoms with van der Waals surface area (Å²) in [6, 6.07) is 5.70. The van der Waals surface area contributed by atoms with Crippen LogP contribution in [0.25, 0.3) is 6.08 Å². The fraction of sp³-hybridized carbons (Fsp3) is 0.300. The third-order valence-corrected chi connectivity index (χ3v) is 6.97. The van der Waals surface area contributed by atoms with Gasteiger partial charge in [-0.3, -0.25) is 23.7 Å². The van der Waals surface area contributed by atoms with Crippen molar-refractivity contribution in [3.05, 3.63) is 87.0 Å². The number of amidine groups is 1. The number of carbonyl (C=O) groups excluding carboxylic acids is 3. The third-order valence-electron chi connectivity index (χ3n) is 6.97. The van der Waals surface area contributed by atoms with Crippen molar-refractivity contribution in [2.75, 3.05) is 17.6 Å². The minimum absolute atomic E-state index is 0.100. The van der Waals surface area contributed by atoms with Gasteiger partial charge in [0.15, 0.2) is 5.84 Å². The lowest BCUT2D eigenvalue weighted by molar-refractivity contribution is -0.124. The number of aryl methyl sites for hydroxylation is 2. The first-order chi connectivity index (χ1) is 20.6. The Balaban J connectivity index is 1.48. The zero-order valence-corrected chi connectivity index (χ0v) is 23.9. The highest BCUT2D eigenvalue weighted by Gasteiger charge is 2.31. The molecule has 13 heteroatoms. The van der Waals surface area contributed by atoms with E-state index in [4.69, 9.17) is 11.5 Å². The first kappa shape index (κ1) is 30.8. The lowest BCUT2D eigenvalue weighted by Crippen LogP contribution is -2.39. The largest absolute Gasteiger partial charge is 0.384 e. The number of hydrogen-bond donors (Lipinski definition) is 4. The Labute approximate surface area is 247 Å². The summed E-state index contributed by atoms with van der Waals surface area (Å²) in [5, 5.41) is 5.25. The Morgan fingerprint density at radius 2 is 2.00 bits per heavy atom. The first-order valence-corrected chi connectivity index (χ1v) is 13.8. The zero-order chi connectivity index (χ0) is 31.1. The molecule has 1 aromatic carbocycles. The van der Waals surface area contributed by atoms with Crippen LogP contribution in [-0.4, -0.2) is 44.6 Å². The summed E-state index contributed by atoms with van der Waals surface area (Å²) >= 11 is 0. The van der Waals surface area contributed by atoms with E-state index in [9.17, 15) is 23.6 Å². The molecule has 0 bridgehead atoms. The predicted molar refractivity (Wildman–Crippen MR) is 161 cm³/mol. The van der Waals surface area contributed by atoms with Crippen LogP contribution >= 0.6 is 0 Å². The highest BCUT2D eigenvalue weighted by Crippen LogP contribution is 2.24. The van der Waals surface area contributed by atoms with Crippen LogP contribution in [0.5, 0.6) is 0 Å². The number of halogens is 1. The van der Waals surface area contributed by atoms with Crippen LogP contribution in [0.2, 0.25) is 0 Å². The minimum Gasteiger partial charge on any atom is -0.384 e. The normalized spacial score (nSPS) is 14.7. The van der Waals surface area contributed by atoms with Gasteiger partial charge in [-0.1, -0.05) is 31.1 Å². The monoisotopic (exact) mass is 588 g/mol. The topological polar surface area (TPSA) is 187 Å². The van der Waals surface area contributed by atoms with Crippen molar-refractivity contribution < 1.29 is 18.8 Å². The van der Waals surface area contributed by atoms with E-state index >= 15 is 0 Å². The van der Waals surface area contributed by atoms with E-state index in [1.165, 1.54) is 22.9 Å².